The largest absolute Gasteiger partial charge is 0.366 e. The number of nitrogens with two attached hydrogens (primary N) is 1. The summed E-state index contributed by atoms with van der Waals surface area (Å²) in [6, 6.07) is 1.86. The van der Waals surface area contributed by atoms with Crippen LogP contribution in [0.1, 0.15) is 40.8 Å². The predicted molar refractivity (Wildman–Crippen MR) is 78.4 cm³/mol. The van der Waals surface area contributed by atoms with Gasteiger partial charge in [0, 0.05) is 17.6 Å². The van der Waals surface area contributed by atoms with Gasteiger partial charge in [0.1, 0.15) is 0 Å². The third-order valence-electron chi connectivity index (χ3n) is 3.25. The van der Waals surface area contributed by atoms with Crippen molar-refractivity contribution in [3.05, 3.63) is 27.7 Å². The highest BCUT2D eigenvalue weighted by molar-refractivity contribution is 7.09. The number of unbranched alkanes of at least 4 members (excludes halogenated alkanes) is 1. The summed E-state index contributed by atoms with van der Waals surface area (Å²) in [4.78, 5) is 16.0. The van der Waals surface area contributed by atoms with Gasteiger partial charge in [-0.3, -0.25) is 4.79 Å². The van der Waals surface area contributed by atoms with Crippen LogP contribution in [0.15, 0.2) is 11.4 Å². The van der Waals surface area contributed by atoms with E-state index in [1.807, 2.05) is 25.3 Å². The Kier molecular flexibility index (Phi) is 4.04. The van der Waals surface area contributed by atoms with Gasteiger partial charge in [-0.25, -0.2) is 4.98 Å². The zero-order valence-corrected chi connectivity index (χ0v) is 12.4. The van der Waals surface area contributed by atoms with Gasteiger partial charge in [-0.1, -0.05) is 13.3 Å². The quantitative estimate of drug-likeness (QED) is 0.912. The standard InChI is InChI=1S/C14H19N3OS/c1-4-5-6-17-9(2)11(14(15)18)7-13(17)12-8-19-10(3)16-12/h7-8H,4-6H2,1-3H3,(H2,15,18). The summed E-state index contributed by atoms with van der Waals surface area (Å²) in [6.07, 6.45) is 2.18. The van der Waals surface area contributed by atoms with Crippen LogP contribution in [-0.2, 0) is 6.54 Å². The minimum atomic E-state index is -0.374. The second-order valence-electron chi connectivity index (χ2n) is 4.65. The monoisotopic (exact) mass is 277 g/mol. The predicted octanol–water partition coefficient (Wildman–Crippen LogP) is 3.13. The lowest BCUT2D eigenvalue weighted by Gasteiger charge is -2.09. The molecule has 0 fully saturated rings. The molecule has 102 valence electrons. The van der Waals surface area contributed by atoms with Crippen molar-refractivity contribution in [1.29, 1.82) is 0 Å². The van der Waals surface area contributed by atoms with Crippen molar-refractivity contribution in [2.24, 2.45) is 5.73 Å². The van der Waals surface area contributed by atoms with Crippen LogP contribution in [0.4, 0.5) is 0 Å². The molecule has 0 saturated carbocycles. The zero-order valence-electron chi connectivity index (χ0n) is 11.6. The van der Waals surface area contributed by atoms with Crippen molar-refractivity contribution < 1.29 is 4.79 Å². The number of carbonyl (C=O) groups excluding carboxylic acids is 1. The van der Waals surface area contributed by atoms with Crippen molar-refractivity contribution in [1.82, 2.24) is 9.55 Å². The van der Waals surface area contributed by atoms with Gasteiger partial charge in [0.25, 0.3) is 5.91 Å². The van der Waals surface area contributed by atoms with Crippen LogP contribution in [0.3, 0.4) is 0 Å². The first-order valence-corrected chi connectivity index (χ1v) is 7.35. The fourth-order valence-electron chi connectivity index (χ4n) is 2.19. The fraction of sp³-hybridized carbons (Fsp3) is 0.429. The zero-order chi connectivity index (χ0) is 14.0. The van der Waals surface area contributed by atoms with E-state index >= 15 is 0 Å². The van der Waals surface area contributed by atoms with E-state index in [2.05, 4.69) is 16.5 Å². The molecule has 0 radical (unpaired) electrons. The maximum atomic E-state index is 11.5. The summed E-state index contributed by atoms with van der Waals surface area (Å²) >= 11 is 1.61. The van der Waals surface area contributed by atoms with Gasteiger partial charge in [-0.05, 0) is 26.3 Å². The molecule has 5 heteroatoms. The minimum Gasteiger partial charge on any atom is -0.366 e. The molecule has 4 nitrogen and oxygen atoms in total. The summed E-state index contributed by atoms with van der Waals surface area (Å²) in [7, 11) is 0. The van der Waals surface area contributed by atoms with Gasteiger partial charge in [-0.15, -0.1) is 11.3 Å². The number of carbonyl (C=O) groups is 1. The Morgan fingerprint density at radius 3 is 2.74 bits per heavy atom. The first-order valence-electron chi connectivity index (χ1n) is 6.47. The molecule has 0 atom stereocenters. The Balaban J connectivity index is 2.51. The van der Waals surface area contributed by atoms with Crippen LogP contribution in [-0.4, -0.2) is 15.5 Å². The number of amides is 1. The minimum absolute atomic E-state index is 0.374. The smallest absolute Gasteiger partial charge is 0.250 e. The molecule has 0 saturated heterocycles. The highest BCUT2D eigenvalue weighted by Gasteiger charge is 2.17. The number of nitrogens with zero attached hydrogens (tertiary/aromatic N) is 2. The van der Waals surface area contributed by atoms with Crippen molar-refractivity contribution >= 4 is 17.2 Å². The van der Waals surface area contributed by atoms with Gasteiger partial charge in [-0.2, -0.15) is 0 Å². The Morgan fingerprint density at radius 1 is 1.47 bits per heavy atom. The Labute approximate surface area is 117 Å². The van der Waals surface area contributed by atoms with Gasteiger partial charge < -0.3 is 10.3 Å². The van der Waals surface area contributed by atoms with Crippen molar-refractivity contribution in [2.75, 3.05) is 0 Å². The van der Waals surface area contributed by atoms with E-state index in [1.165, 1.54) is 0 Å². The van der Waals surface area contributed by atoms with Gasteiger partial charge >= 0.3 is 0 Å². The summed E-state index contributed by atoms with van der Waals surface area (Å²) in [5.41, 5.74) is 8.88. The van der Waals surface area contributed by atoms with E-state index in [-0.39, 0.29) is 5.91 Å². The maximum absolute atomic E-state index is 11.5. The SMILES string of the molecule is CCCCn1c(-c2csc(C)n2)cc(C(N)=O)c1C. The maximum Gasteiger partial charge on any atom is 0.250 e. The second-order valence-corrected chi connectivity index (χ2v) is 5.71. The van der Waals surface area contributed by atoms with Gasteiger partial charge in [0.15, 0.2) is 0 Å². The molecule has 1 amide bonds. The van der Waals surface area contributed by atoms with Crippen LogP contribution >= 0.6 is 11.3 Å². The van der Waals surface area contributed by atoms with Crippen LogP contribution in [0.25, 0.3) is 11.4 Å². The van der Waals surface area contributed by atoms with E-state index < -0.39 is 0 Å². The summed E-state index contributed by atoms with van der Waals surface area (Å²) in [5.74, 6) is -0.374. The number of aromatic nitrogens is 2. The first kappa shape index (κ1) is 13.8. The average Bonchev–Trinajstić information content (AvgIpc) is 2.91. The Bertz CT molecular complexity index is 598. The molecule has 19 heavy (non-hydrogen) atoms. The molecule has 0 aliphatic rings. The lowest BCUT2D eigenvalue weighted by molar-refractivity contribution is 0.0999. The van der Waals surface area contributed by atoms with E-state index in [0.717, 1.165) is 41.5 Å². The molecule has 2 aromatic heterocycles. The second kappa shape index (κ2) is 5.57. The van der Waals surface area contributed by atoms with Crippen molar-refractivity contribution in [3.63, 3.8) is 0 Å². The summed E-state index contributed by atoms with van der Waals surface area (Å²) < 4.78 is 2.15. The number of aryl methyl sites for hydroxylation is 1. The molecule has 0 unspecified atom stereocenters. The molecule has 2 aromatic rings. The van der Waals surface area contributed by atoms with E-state index in [0.29, 0.717) is 5.56 Å². The highest BCUT2D eigenvalue weighted by atomic mass is 32.1. The topological polar surface area (TPSA) is 60.9 Å². The third-order valence-corrected chi connectivity index (χ3v) is 4.02. The normalized spacial score (nSPS) is 10.9. The molecule has 0 aromatic carbocycles. The molecule has 0 bridgehead atoms. The number of hydrogen-bond donors (Lipinski definition) is 1. The number of primary amides is 1. The average molecular weight is 277 g/mol. The van der Waals surface area contributed by atoms with Crippen LogP contribution in [0.5, 0.6) is 0 Å². The molecule has 0 aliphatic heterocycles. The Hall–Kier alpha value is -1.62. The fourth-order valence-corrected chi connectivity index (χ4v) is 2.80. The third kappa shape index (κ3) is 2.71. The molecule has 0 aliphatic carbocycles. The van der Waals surface area contributed by atoms with Crippen LogP contribution in [0.2, 0.25) is 0 Å². The van der Waals surface area contributed by atoms with E-state index in [9.17, 15) is 4.79 Å². The highest BCUT2D eigenvalue weighted by Crippen LogP contribution is 2.27. The van der Waals surface area contributed by atoms with Crippen LogP contribution < -0.4 is 5.73 Å². The van der Waals surface area contributed by atoms with E-state index in [1.54, 1.807) is 11.3 Å². The van der Waals surface area contributed by atoms with Gasteiger partial charge in [0.05, 0.1) is 22.0 Å². The Morgan fingerprint density at radius 2 is 2.21 bits per heavy atom. The van der Waals surface area contributed by atoms with Crippen molar-refractivity contribution in [2.45, 2.75) is 40.2 Å². The van der Waals surface area contributed by atoms with Gasteiger partial charge in [0.2, 0.25) is 0 Å². The van der Waals surface area contributed by atoms with Crippen molar-refractivity contribution in [3.8, 4) is 11.4 Å². The lowest BCUT2D eigenvalue weighted by atomic mass is 10.2. The number of rotatable bonds is 5. The summed E-state index contributed by atoms with van der Waals surface area (Å²) in [5, 5.41) is 3.05. The number of hydrogen-bond acceptors (Lipinski definition) is 3. The van der Waals surface area contributed by atoms with E-state index in [4.69, 9.17) is 5.73 Å². The first-order chi connectivity index (χ1) is 9.04. The van der Waals surface area contributed by atoms with Crippen LogP contribution in [0, 0.1) is 13.8 Å². The number of thiazole rings is 1. The molecule has 2 heterocycles. The molecular formula is C14H19N3OS. The summed E-state index contributed by atoms with van der Waals surface area (Å²) in [6.45, 7) is 6.97. The molecule has 0 spiro atoms. The molecule has 2 rings (SSSR count). The molecule has 2 N–H and O–H groups in total. The lowest BCUT2D eigenvalue weighted by Crippen LogP contribution is -2.12. The molecular weight excluding hydrogens is 258 g/mol.